The first kappa shape index (κ1) is 17.1. The van der Waals surface area contributed by atoms with Gasteiger partial charge in [-0.1, -0.05) is 30.1 Å². The second kappa shape index (κ2) is 7.86. The van der Waals surface area contributed by atoms with Crippen molar-refractivity contribution >= 4 is 23.2 Å². The zero-order chi connectivity index (χ0) is 16.1. The predicted octanol–water partition coefficient (Wildman–Crippen LogP) is 4.49. The van der Waals surface area contributed by atoms with E-state index < -0.39 is 0 Å². The van der Waals surface area contributed by atoms with Crippen molar-refractivity contribution in [2.45, 2.75) is 39.7 Å². The van der Waals surface area contributed by atoms with Crippen LogP contribution < -0.4 is 4.74 Å². The van der Waals surface area contributed by atoms with Gasteiger partial charge >= 0.3 is 0 Å². The minimum absolute atomic E-state index is 0.155. The number of aromatic nitrogens is 2. The number of halogens is 2. The summed E-state index contributed by atoms with van der Waals surface area (Å²) >= 11 is 12.0. The summed E-state index contributed by atoms with van der Waals surface area (Å²) in [6.45, 7) is 4.94. The third kappa shape index (κ3) is 3.94. The summed E-state index contributed by atoms with van der Waals surface area (Å²) in [7, 11) is 0. The van der Waals surface area contributed by atoms with Crippen LogP contribution in [0.2, 0.25) is 10.0 Å². The quantitative estimate of drug-likeness (QED) is 0.806. The van der Waals surface area contributed by atoms with E-state index in [0.29, 0.717) is 28.8 Å². The molecule has 1 aromatic carbocycles. The van der Waals surface area contributed by atoms with E-state index in [1.165, 1.54) is 0 Å². The molecule has 0 aliphatic carbocycles. The van der Waals surface area contributed by atoms with Gasteiger partial charge in [-0.15, -0.1) is 0 Å². The number of hydrogen-bond donors (Lipinski definition) is 1. The van der Waals surface area contributed by atoms with Gasteiger partial charge in [0.2, 0.25) is 5.88 Å². The Morgan fingerprint density at radius 1 is 1.18 bits per heavy atom. The van der Waals surface area contributed by atoms with E-state index in [-0.39, 0.29) is 6.61 Å². The number of nitrogens with zero attached hydrogens (tertiary/aromatic N) is 2. The van der Waals surface area contributed by atoms with Crippen LogP contribution in [-0.4, -0.2) is 21.5 Å². The molecular weight excluding hydrogens is 323 g/mol. The summed E-state index contributed by atoms with van der Waals surface area (Å²) in [6.07, 6.45) is 2.24. The van der Waals surface area contributed by atoms with E-state index in [4.69, 9.17) is 33.0 Å². The topological polar surface area (TPSA) is 47.3 Å². The highest BCUT2D eigenvalue weighted by atomic mass is 35.5. The SMILES string of the molecule is CCc1c(CCCO)nn(CC)c1Oc1cc(Cl)cc(Cl)c1. The summed E-state index contributed by atoms with van der Waals surface area (Å²) < 4.78 is 7.85. The molecule has 0 unspecified atom stereocenters. The molecule has 0 spiro atoms. The van der Waals surface area contributed by atoms with Gasteiger partial charge in [-0.2, -0.15) is 5.10 Å². The summed E-state index contributed by atoms with van der Waals surface area (Å²) in [5.41, 5.74) is 2.04. The Kier molecular flexibility index (Phi) is 6.12. The maximum absolute atomic E-state index is 9.03. The van der Waals surface area contributed by atoms with Gasteiger partial charge in [0.05, 0.1) is 5.69 Å². The first-order valence-corrected chi connectivity index (χ1v) is 8.18. The highest BCUT2D eigenvalue weighted by molar-refractivity contribution is 6.34. The third-order valence-electron chi connectivity index (χ3n) is 3.36. The van der Waals surface area contributed by atoms with Crippen LogP contribution >= 0.6 is 23.2 Å². The van der Waals surface area contributed by atoms with Crippen LogP contribution in [0.25, 0.3) is 0 Å². The monoisotopic (exact) mass is 342 g/mol. The Balaban J connectivity index is 2.37. The van der Waals surface area contributed by atoms with Crippen LogP contribution in [0.5, 0.6) is 11.6 Å². The van der Waals surface area contributed by atoms with E-state index in [0.717, 1.165) is 30.0 Å². The normalized spacial score (nSPS) is 11.0. The molecule has 0 aliphatic heterocycles. The first-order valence-electron chi connectivity index (χ1n) is 7.42. The molecule has 1 heterocycles. The van der Waals surface area contributed by atoms with E-state index in [1.54, 1.807) is 18.2 Å². The average molecular weight is 343 g/mol. The second-order valence-corrected chi connectivity index (χ2v) is 5.81. The molecule has 0 amide bonds. The number of aliphatic hydroxyl groups is 1. The highest BCUT2D eigenvalue weighted by Gasteiger charge is 2.18. The molecule has 120 valence electrons. The number of hydrogen-bond acceptors (Lipinski definition) is 3. The van der Waals surface area contributed by atoms with Gasteiger partial charge in [0.25, 0.3) is 0 Å². The number of aryl methyl sites for hydroxylation is 2. The van der Waals surface area contributed by atoms with Crippen LogP contribution in [0.4, 0.5) is 0 Å². The molecule has 1 aromatic heterocycles. The maximum Gasteiger partial charge on any atom is 0.221 e. The van der Waals surface area contributed by atoms with Crippen molar-refractivity contribution in [1.82, 2.24) is 9.78 Å². The van der Waals surface area contributed by atoms with Crippen molar-refractivity contribution in [3.05, 3.63) is 39.5 Å². The van der Waals surface area contributed by atoms with E-state index >= 15 is 0 Å². The van der Waals surface area contributed by atoms with E-state index in [1.807, 2.05) is 11.6 Å². The third-order valence-corrected chi connectivity index (χ3v) is 3.79. The summed E-state index contributed by atoms with van der Waals surface area (Å²) in [4.78, 5) is 0. The van der Waals surface area contributed by atoms with Crippen molar-refractivity contribution in [1.29, 1.82) is 0 Å². The van der Waals surface area contributed by atoms with Crippen molar-refractivity contribution in [3.63, 3.8) is 0 Å². The van der Waals surface area contributed by atoms with Crippen LogP contribution in [0, 0.1) is 0 Å². The fraction of sp³-hybridized carbons (Fsp3) is 0.438. The highest BCUT2D eigenvalue weighted by Crippen LogP contribution is 2.32. The van der Waals surface area contributed by atoms with Gasteiger partial charge in [0, 0.05) is 28.8 Å². The van der Waals surface area contributed by atoms with Crippen molar-refractivity contribution in [2.24, 2.45) is 0 Å². The minimum Gasteiger partial charge on any atom is -0.439 e. The van der Waals surface area contributed by atoms with Gasteiger partial charge in [0.15, 0.2) is 0 Å². The maximum atomic E-state index is 9.03. The molecule has 0 bridgehead atoms. The Morgan fingerprint density at radius 3 is 2.41 bits per heavy atom. The van der Waals surface area contributed by atoms with Gasteiger partial charge < -0.3 is 9.84 Å². The Morgan fingerprint density at radius 2 is 1.86 bits per heavy atom. The largest absolute Gasteiger partial charge is 0.439 e. The molecule has 0 aliphatic rings. The van der Waals surface area contributed by atoms with E-state index in [9.17, 15) is 0 Å². The number of benzene rings is 1. The van der Waals surface area contributed by atoms with Gasteiger partial charge in [-0.05, 0) is 44.4 Å². The minimum atomic E-state index is 0.155. The summed E-state index contributed by atoms with van der Waals surface area (Å²) in [6, 6.07) is 5.13. The van der Waals surface area contributed by atoms with Gasteiger partial charge in [-0.3, -0.25) is 0 Å². The Bertz CT molecular complexity index is 621. The van der Waals surface area contributed by atoms with Crippen molar-refractivity contribution in [3.8, 4) is 11.6 Å². The molecule has 6 heteroatoms. The molecule has 0 saturated carbocycles. The lowest BCUT2D eigenvalue weighted by molar-refractivity contribution is 0.288. The zero-order valence-corrected chi connectivity index (χ0v) is 14.3. The molecule has 0 atom stereocenters. The zero-order valence-electron chi connectivity index (χ0n) is 12.8. The van der Waals surface area contributed by atoms with Gasteiger partial charge in [0.1, 0.15) is 5.75 Å². The standard InChI is InChI=1S/C16H20Cl2N2O2/c1-3-14-15(6-5-7-21)19-20(4-2)16(14)22-13-9-11(17)8-12(18)10-13/h8-10,21H,3-7H2,1-2H3. The lowest BCUT2D eigenvalue weighted by atomic mass is 10.1. The van der Waals surface area contributed by atoms with Gasteiger partial charge in [-0.25, -0.2) is 4.68 Å². The van der Waals surface area contributed by atoms with Crippen LogP contribution in [-0.2, 0) is 19.4 Å². The lowest BCUT2D eigenvalue weighted by Crippen LogP contribution is -2.01. The Labute approximate surface area is 140 Å². The molecule has 4 nitrogen and oxygen atoms in total. The molecule has 1 N–H and O–H groups in total. The second-order valence-electron chi connectivity index (χ2n) is 4.93. The molecule has 2 aromatic rings. The average Bonchev–Trinajstić information content (AvgIpc) is 2.80. The lowest BCUT2D eigenvalue weighted by Gasteiger charge is -2.10. The van der Waals surface area contributed by atoms with Crippen LogP contribution in [0.15, 0.2) is 18.2 Å². The number of aliphatic hydroxyl groups excluding tert-OH is 1. The Hall–Kier alpha value is -1.23. The molecule has 2 rings (SSSR count). The molecular formula is C16H20Cl2N2O2. The molecule has 22 heavy (non-hydrogen) atoms. The smallest absolute Gasteiger partial charge is 0.221 e. The molecule has 0 saturated heterocycles. The summed E-state index contributed by atoms with van der Waals surface area (Å²) in [5, 5.41) is 14.7. The first-order chi connectivity index (χ1) is 10.6. The molecule has 0 fully saturated rings. The van der Waals surface area contributed by atoms with Crippen LogP contribution in [0.1, 0.15) is 31.5 Å². The number of ether oxygens (including phenoxy) is 1. The van der Waals surface area contributed by atoms with Crippen molar-refractivity contribution in [2.75, 3.05) is 6.61 Å². The van der Waals surface area contributed by atoms with Crippen LogP contribution in [0.3, 0.4) is 0 Å². The summed E-state index contributed by atoms with van der Waals surface area (Å²) in [5.74, 6) is 1.31. The van der Waals surface area contributed by atoms with E-state index in [2.05, 4.69) is 12.0 Å². The number of rotatable bonds is 7. The fourth-order valence-electron chi connectivity index (χ4n) is 2.36. The predicted molar refractivity (Wildman–Crippen MR) is 89.2 cm³/mol. The molecule has 0 radical (unpaired) electrons. The van der Waals surface area contributed by atoms with Crippen molar-refractivity contribution < 1.29 is 9.84 Å². The fourth-order valence-corrected chi connectivity index (χ4v) is 2.87.